The van der Waals surface area contributed by atoms with E-state index in [4.69, 9.17) is 9.47 Å². The first-order chi connectivity index (χ1) is 20.4. The van der Waals surface area contributed by atoms with Crippen molar-refractivity contribution in [1.29, 1.82) is 0 Å². The van der Waals surface area contributed by atoms with E-state index in [0.717, 1.165) is 24.0 Å². The summed E-state index contributed by atoms with van der Waals surface area (Å²) in [5.41, 5.74) is 6.43. The molecule has 2 aliphatic heterocycles. The van der Waals surface area contributed by atoms with Crippen molar-refractivity contribution in [3.63, 3.8) is 0 Å². The van der Waals surface area contributed by atoms with Gasteiger partial charge in [-0.3, -0.25) is 0 Å². The van der Waals surface area contributed by atoms with Crippen LogP contribution in [0.4, 0.5) is 0 Å². The van der Waals surface area contributed by atoms with E-state index >= 15 is 0 Å². The van der Waals surface area contributed by atoms with E-state index in [2.05, 4.69) is 142 Å². The maximum absolute atomic E-state index is 10.4. The van der Waals surface area contributed by atoms with Gasteiger partial charge in [-0.25, -0.2) is 0 Å². The van der Waals surface area contributed by atoms with Gasteiger partial charge in [-0.15, -0.1) is 0 Å². The highest BCUT2D eigenvalue weighted by Gasteiger charge is 2.51. The number of hydrogen-bond donors (Lipinski definition) is 2. The monoisotopic (exact) mass is 600 g/mol. The van der Waals surface area contributed by atoms with Gasteiger partial charge in [-0.05, 0) is 99.7 Å². The molecule has 240 valence electrons. The SMILES string of the molecule is CC(C=CC=C(C)C1C=C2C(C)(C)CC(O)CC2(C)O1)=C/C=C/C=C(C)/C=C/C=C(\C)C1C=C2C(C)(C)CC(O)CC2(C)O1. The molecule has 4 heteroatoms. The lowest BCUT2D eigenvalue weighted by atomic mass is 9.65. The van der Waals surface area contributed by atoms with E-state index in [1.54, 1.807) is 0 Å². The fraction of sp³-hybridized carbons (Fsp3) is 0.550. The van der Waals surface area contributed by atoms with Crippen molar-refractivity contribution in [3.8, 4) is 0 Å². The molecule has 0 aromatic rings. The van der Waals surface area contributed by atoms with Crippen LogP contribution in [0.5, 0.6) is 0 Å². The van der Waals surface area contributed by atoms with Crippen molar-refractivity contribution in [2.45, 2.75) is 131 Å². The zero-order valence-corrected chi connectivity index (χ0v) is 28.8. The molecule has 4 aliphatic rings. The number of ether oxygens (including phenoxy) is 2. The highest BCUT2D eigenvalue weighted by molar-refractivity contribution is 5.39. The van der Waals surface area contributed by atoms with Crippen molar-refractivity contribution < 1.29 is 19.7 Å². The Morgan fingerprint density at radius 3 is 1.32 bits per heavy atom. The smallest absolute Gasteiger partial charge is 0.0982 e. The topological polar surface area (TPSA) is 58.9 Å². The molecule has 0 radical (unpaired) electrons. The molecule has 0 amide bonds. The molecule has 0 aromatic carbocycles. The number of aliphatic hydroxyl groups excluding tert-OH is 2. The van der Waals surface area contributed by atoms with Gasteiger partial charge in [0.25, 0.3) is 0 Å². The van der Waals surface area contributed by atoms with Crippen LogP contribution in [0.2, 0.25) is 0 Å². The molecule has 0 bridgehead atoms. The van der Waals surface area contributed by atoms with E-state index < -0.39 is 0 Å². The summed E-state index contributed by atoms with van der Waals surface area (Å²) in [7, 11) is 0. The summed E-state index contributed by atoms with van der Waals surface area (Å²) in [5.74, 6) is 0. The molecule has 44 heavy (non-hydrogen) atoms. The van der Waals surface area contributed by atoms with Crippen LogP contribution in [-0.2, 0) is 9.47 Å². The standard InChI is InChI=1S/C40H56O4/c1-27(17-13-19-29(3)33-21-35-37(5,6)23-31(41)25-39(35,9)43-33)15-11-12-16-28(2)18-14-20-30(4)34-22-36-38(7,8)24-32(42)26-40(36,10)44-34/h11-22,31-34,41-42H,23-26H2,1-10H3/b12-11+,17-13+,18-14?,27-15+,28-16?,29-19+,30-20?. The Morgan fingerprint density at radius 2 is 0.955 bits per heavy atom. The van der Waals surface area contributed by atoms with E-state index in [0.29, 0.717) is 12.8 Å². The second-order valence-corrected chi connectivity index (χ2v) is 15.3. The highest BCUT2D eigenvalue weighted by atomic mass is 16.5. The summed E-state index contributed by atoms with van der Waals surface area (Å²) in [6.07, 6.45) is 27.7. The third-order valence-electron chi connectivity index (χ3n) is 9.91. The number of rotatable bonds is 8. The molecule has 2 aliphatic carbocycles. The first kappa shape index (κ1) is 34.4. The Morgan fingerprint density at radius 1 is 0.591 bits per heavy atom. The van der Waals surface area contributed by atoms with Gasteiger partial charge < -0.3 is 19.7 Å². The minimum atomic E-state index is -0.386. The molecule has 4 nitrogen and oxygen atoms in total. The van der Waals surface area contributed by atoms with Crippen LogP contribution in [0.15, 0.2) is 106 Å². The van der Waals surface area contributed by atoms with Crippen LogP contribution >= 0.6 is 0 Å². The van der Waals surface area contributed by atoms with Crippen LogP contribution < -0.4 is 0 Å². The van der Waals surface area contributed by atoms with E-state index in [9.17, 15) is 10.2 Å². The van der Waals surface area contributed by atoms with Gasteiger partial charge in [0, 0.05) is 12.8 Å². The molecule has 2 heterocycles. The Kier molecular flexibility index (Phi) is 10.2. The summed E-state index contributed by atoms with van der Waals surface area (Å²) < 4.78 is 12.9. The summed E-state index contributed by atoms with van der Waals surface area (Å²) >= 11 is 0. The third-order valence-corrected chi connectivity index (χ3v) is 9.91. The lowest BCUT2D eigenvalue weighted by molar-refractivity contribution is -0.0688. The first-order valence-corrected chi connectivity index (χ1v) is 16.3. The quantitative estimate of drug-likeness (QED) is 0.216. The lowest BCUT2D eigenvalue weighted by Crippen LogP contribution is -2.45. The molecule has 4 rings (SSSR count). The van der Waals surface area contributed by atoms with Gasteiger partial charge >= 0.3 is 0 Å². The Balaban J connectivity index is 1.29. The molecular weight excluding hydrogens is 544 g/mol. The average molecular weight is 601 g/mol. The lowest BCUT2D eigenvalue weighted by Gasteiger charge is -2.44. The number of allylic oxidation sites excluding steroid dienone is 12. The number of fused-ring (bicyclic) bond motifs is 2. The van der Waals surface area contributed by atoms with Crippen molar-refractivity contribution in [1.82, 2.24) is 0 Å². The zero-order chi connectivity index (χ0) is 32.5. The Hall–Kier alpha value is -2.50. The van der Waals surface area contributed by atoms with Gasteiger partial charge in [-0.1, -0.05) is 99.6 Å². The van der Waals surface area contributed by atoms with E-state index in [1.165, 1.54) is 22.3 Å². The Bertz CT molecular complexity index is 1270. The summed E-state index contributed by atoms with van der Waals surface area (Å²) in [6, 6.07) is 0. The highest BCUT2D eigenvalue weighted by Crippen LogP contribution is 2.53. The summed E-state index contributed by atoms with van der Waals surface area (Å²) in [4.78, 5) is 0. The molecule has 0 aromatic heterocycles. The van der Waals surface area contributed by atoms with Crippen molar-refractivity contribution >= 4 is 0 Å². The fourth-order valence-corrected chi connectivity index (χ4v) is 7.92. The van der Waals surface area contributed by atoms with Gasteiger partial charge in [0.15, 0.2) is 0 Å². The van der Waals surface area contributed by atoms with Crippen LogP contribution in [0.25, 0.3) is 0 Å². The van der Waals surface area contributed by atoms with Crippen LogP contribution in [0.1, 0.15) is 94.9 Å². The number of aliphatic hydroxyl groups is 2. The molecule has 6 unspecified atom stereocenters. The fourth-order valence-electron chi connectivity index (χ4n) is 7.92. The normalized spacial score (nSPS) is 36.3. The molecule has 0 saturated heterocycles. The predicted octanol–water partition coefficient (Wildman–Crippen LogP) is 8.97. The summed E-state index contributed by atoms with van der Waals surface area (Å²) in [5, 5.41) is 20.8. The maximum Gasteiger partial charge on any atom is 0.0982 e. The van der Waals surface area contributed by atoms with Crippen LogP contribution in [-0.4, -0.2) is 45.8 Å². The van der Waals surface area contributed by atoms with Gasteiger partial charge in [-0.2, -0.15) is 0 Å². The summed E-state index contributed by atoms with van der Waals surface area (Å²) in [6.45, 7) is 21.5. The molecule has 0 spiro atoms. The second-order valence-electron chi connectivity index (χ2n) is 15.3. The zero-order valence-electron chi connectivity index (χ0n) is 28.8. The average Bonchev–Trinajstić information content (AvgIpc) is 3.43. The Labute approximate surface area is 267 Å². The van der Waals surface area contributed by atoms with E-state index in [1.807, 2.05) is 0 Å². The minimum Gasteiger partial charge on any atom is -0.393 e. The largest absolute Gasteiger partial charge is 0.393 e. The predicted molar refractivity (Wildman–Crippen MR) is 183 cm³/mol. The van der Waals surface area contributed by atoms with Crippen molar-refractivity contribution in [3.05, 3.63) is 106 Å². The molecule has 6 atom stereocenters. The van der Waals surface area contributed by atoms with Gasteiger partial charge in [0.1, 0.15) is 0 Å². The van der Waals surface area contributed by atoms with Crippen molar-refractivity contribution in [2.75, 3.05) is 0 Å². The molecule has 2 fully saturated rings. The van der Waals surface area contributed by atoms with Crippen LogP contribution in [0, 0.1) is 10.8 Å². The minimum absolute atomic E-state index is 0.0509. The molecular formula is C40H56O4. The maximum atomic E-state index is 10.4. The van der Waals surface area contributed by atoms with E-state index in [-0.39, 0.29) is 46.4 Å². The van der Waals surface area contributed by atoms with Gasteiger partial charge in [0.05, 0.1) is 35.6 Å². The number of hydrogen-bond acceptors (Lipinski definition) is 4. The first-order valence-electron chi connectivity index (χ1n) is 16.3. The van der Waals surface area contributed by atoms with Gasteiger partial charge in [0.2, 0.25) is 0 Å². The molecule has 2 N–H and O–H groups in total. The third kappa shape index (κ3) is 7.83. The van der Waals surface area contributed by atoms with Crippen LogP contribution in [0.3, 0.4) is 0 Å². The van der Waals surface area contributed by atoms with Crippen molar-refractivity contribution in [2.24, 2.45) is 10.8 Å². The molecule has 2 saturated carbocycles. The second kappa shape index (κ2) is 13.1.